The Bertz CT molecular complexity index is 1280. The van der Waals surface area contributed by atoms with Crippen LogP contribution in [0.4, 0.5) is 0 Å². The van der Waals surface area contributed by atoms with Gasteiger partial charge in [-0.15, -0.1) is 0 Å². The zero-order valence-electron chi connectivity index (χ0n) is 16.3. The molecule has 1 heterocycles. The van der Waals surface area contributed by atoms with Crippen molar-refractivity contribution in [3.63, 3.8) is 0 Å². The molecular formula is C22H20N2O4S. The lowest BCUT2D eigenvalue weighted by Crippen LogP contribution is -2.18. The van der Waals surface area contributed by atoms with E-state index in [9.17, 15) is 13.2 Å². The molecule has 0 bridgehead atoms. The molecule has 0 saturated carbocycles. The van der Waals surface area contributed by atoms with Gasteiger partial charge in [-0.05, 0) is 60.0 Å². The number of rotatable bonds is 5. The van der Waals surface area contributed by atoms with Gasteiger partial charge < -0.3 is 9.30 Å². The van der Waals surface area contributed by atoms with Crippen LogP contribution in [0, 0.1) is 18.3 Å². The van der Waals surface area contributed by atoms with E-state index in [-0.39, 0.29) is 17.1 Å². The van der Waals surface area contributed by atoms with E-state index in [0.29, 0.717) is 22.4 Å². The molecule has 3 rings (SSSR count). The van der Waals surface area contributed by atoms with Gasteiger partial charge >= 0.3 is 0 Å². The Morgan fingerprint density at radius 3 is 2.59 bits per heavy atom. The summed E-state index contributed by atoms with van der Waals surface area (Å²) in [7, 11) is -1.86. The highest BCUT2D eigenvalue weighted by molar-refractivity contribution is 7.90. The van der Waals surface area contributed by atoms with E-state index in [0.717, 1.165) is 17.4 Å². The standard InChI is InChI=1S/C22H20N2O4S/c1-15-7-21(22(25)24(2)13-15)18-9-19(11-20(10-18)29(3,26)27)28-14-17-6-4-5-16(8-17)12-23/h4-11,13H,14H2,1-3H3. The van der Waals surface area contributed by atoms with E-state index in [2.05, 4.69) is 6.07 Å². The minimum absolute atomic E-state index is 0.0688. The van der Waals surface area contributed by atoms with Crippen molar-refractivity contribution in [1.82, 2.24) is 4.57 Å². The summed E-state index contributed by atoms with van der Waals surface area (Å²) in [6.45, 7) is 2.02. The normalized spacial score (nSPS) is 11.1. The van der Waals surface area contributed by atoms with Gasteiger partial charge in [-0.2, -0.15) is 5.26 Å². The van der Waals surface area contributed by atoms with Gasteiger partial charge in [0.25, 0.3) is 5.56 Å². The summed E-state index contributed by atoms with van der Waals surface area (Å²) >= 11 is 0. The van der Waals surface area contributed by atoms with Crippen molar-refractivity contribution in [2.45, 2.75) is 18.4 Å². The molecule has 0 N–H and O–H groups in total. The number of pyridine rings is 1. The third-order valence-electron chi connectivity index (χ3n) is 4.40. The van der Waals surface area contributed by atoms with Gasteiger partial charge in [-0.3, -0.25) is 4.79 Å². The molecule has 0 saturated heterocycles. The zero-order chi connectivity index (χ0) is 21.2. The summed E-state index contributed by atoms with van der Waals surface area (Å²) in [5.41, 5.74) is 2.81. The average Bonchev–Trinajstić information content (AvgIpc) is 2.68. The average molecular weight is 408 g/mol. The molecular weight excluding hydrogens is 388 g/mol. The highest BCUT2D eigenvalue weighted by Crippen LogP contribution is 2.28. The van der Waals surface area contributed by atoms with Gasteiger partial charge in [0, 0.05) is 25.1 Å². The Kier molecular flexibility index (Phi) is 5.57. The fraction of sp³-hybridized carbons (Fsp3) is 0.182. The van der Waals surface area contributed by atoms with Crippen LogP contribution in [0.1, 0.15) is 16.7 Å². The molecule has 1 aromatic heterocycles. The van der Waals surface area contributed by atoms with Crippen LogP contribution < -0.4 is 10.3 Å². The zero-order valence-corrected chi connectivity index (χ0v) is 17.2. The molecule has 0 aliphatic rings. The van der Waals surface area contributed by atoms with Gasteiger partial charge in [0.1, 0.15) is 12.4 Å². The maximum absolute atomic E-state index is 12.6. The molecule has 0 fully saturated rings. The number of hydrogen-bond acceptors (Lipinski definition) is 5. The van der Waals surface area contributed by atoms with Crippen LogP contribution in [0.2, 0.25) is 0 Å². The van der Waals surface area contributed by atoms with Crippen molar-refractivity contribution >= 4 is 9.84 Å². The molecule has 0 spiro atoms. The third-order valence-corrected chi connectivity index (χ3v) is 5.49. The van der Waals surface area contributed by atoms with E-state index in [1.54, 1.807) is 43.6 Å². The predicted molar refractivity (Wildman–Crippen MR) is 110 cm³/mol. The van der Waals surface area contributed by atoms with Gasteiger partial charge in [-0.1, -0.05) is 12.1 Å². The van der Waals surface area contributed by atoms with Crippen LogP contribution in [0.15, 0.2) is 64.4 Å². The van der Waals surface area contributed by atoms with Gasteiger partial charge in [-0.25, -0.2) is 8.42 Å². The smallest absolute Gasteiger partial charge is 0.258 e. The van der Waals surface area contributed by atoms with Gasteiger partial charge in [0.05, 0.1) is 16.5 Å². The lowest BCUT2D eigenvalue weighted by atomic mass is 10.1. The first-order chi connectivity index (χ1) is 13.7. The highest BCUT2D eigenvalue weighted by atomic mass is 32.2. The number of nitrogens with zero attached hydrogens (tertiary/aromatic N) is 2. The summed E-state index contributed by atoms with van der Waals surface area (Å²) in [5, 5.41) is 9.02. The maximum Gasteiger partial charge on any atom is 0.258 e. The van der Waals surface area contributed by atoms with E-state index in [4.69, 9.17) is 10.00 Å². The first-order valence-corrected chi connectivity index (χ1v) is 10.7. The topological polar surface area (TPSA) is 89.2 Å². The number of hydrogen-bond donors (Lipinski definition) is 0. The Morgan fingerprint density at radius 2 is 1.90 bits per heavy atom. The Hall–Kier alpha value is -3.37. The summed E-state index contributed by atoms with van der Waals surface area (Å²) in [6, 6.07) is 15.3. The van der Waals surface area contributed by atoms with Crippen molar-refractivity contribution in [1.29, 1.82) is 5.26 Å². The molecule has 0 radical (unpaired) electrons. The van der Waals surface area contributed by atoms with Crippen LogP contribution in [0.25, 0.3) is 11.1 Å². The van der Waals surface area contributed by atoms with E-state index >= 15 is 0 Å². The van der Waals surface area contributed by atoms with Crippen molar-refractivity contribution < 1.29 is 13.2 Å². The maximum atomic E-state index is 12.6. The molecule has 0 aliphatic carbocycles. The SMILES string of the molecule is Cc1cc(-c2cc(OCc3cccc(C#N)c3)cc(S(C)(=O)=O)c2)c(=O)n(C)c1. The van der Waals surface area contributed by atoms with Crippen molar-refractivity contribution in [3.05, 3.63) is 81.8 Å². The molecule has 29 heavy (non-hydrogen) atoms. The highest BCUT2D eigenvalue weighted by Gasteiger charge is 2.15. The predicted octanol–water partition coefficient (Wildman–Crippen LogP) is 3.21. The van der Waals surface area contributed by atoms with Crippen LogP contribution in [0.5, 0.6) is 5.75 Å². The number of ether oxygens (including phenoxy) is 1. The summed E-state index contributed by atoms with van der Waals surface area (Å²) < 4.78 is 31.6. The van der Waals surface area contributed by atoms with Crippen molar-refractivity contribution in [2.24, 2.45) is 7.05 Å². The molecule has 0 aliphatic heterocycles. The molecule has 0 unspecified atom stereocenters. The Labute approximate surface area is 169 Å². The summed E-state index contributed by atoms with van der Waals surface area (Å²) in [5.74, 6) is 0.328. The molecule has 0 amide bonds. The number of benzene rings is 2. The largest absolute Gasteiger partial charge is 0.489 e. The fourth-order valence-electron chi connectivity index (χ4n) is 3.01. The molecule has 6 nitrogen and oxygen atoms in total. The molecule has 0 atom stereocenters. The number of aromatic nitrogens is 1. The molecule has 7 heteroatoms. The molecule has 2 aromatic carbocycles. The second kappa shape index (κ2) is 7.94. The lowest BCUT2D eigenvalue weighted by Gasteiger charge is -2.12. The van der Waals surface area contributed by atoms with Crippen LogP contribution in [0.3, 0.4) is 0 Å². The Balaban J connectivity index is 2.05. The first kappa shape index (κ1) is 20.4. The second-order valence-corrected chi connectivity index (χ2v) is 8.93. The van der Waals surface area contributed by atoms with Crippen LogP contribution in [-0.2, 0) is 23.5 Å². The summed E-state index contributed by atoms with van der Waals surface area (Å²) in [4.78, 5) is 12.7. The molecule has 3 aromatic rings. The fourth-order valence-corrected chi connectivity index (χ4v) is 3.68. The van der Waals surface area contributed by atoms with Crippen LogP contribution >= 0.6 is 0 Å². The lowest BCUT2D eigenvalue weighted by molar-refractivity contribution is 0.305. The third kappa shape index (κ3) is 4.73. The quantitative estimate of drug-likeness (QED) is 0.647. The Morgan fingerprint density at radius 1 is 1.14 bits per heavy atom. The van der Waals surface area contributed by atoms with Crippen LogP contribution in [-0.4, -0.2) is 19.2 Å². The number of sulfone groups is 1. The van der Waals surface area contributed by atoms with Gasteiger partial charge in [0.15, 0.2) is 9.84 Å². The van der Waals surface area contributed by atoms with E-state index in [1.165, 1.54) is 16.7 Å². The first-order valence-electron chi connectivity index (χ1n) is 8.82. The molecule has 148 valence electrons. The second-order valence-electron chi connectivity index (χ2n) is 6.91. The summed E-state index contributed by atoms with van der Waals surface area (Å²) in [6.07, 6.45) is 2.83. The number of nitriles is 1. The van der Waals surface area contributed by atoms with E-state index < -0.39 is 9.84 Å². The van der Waals surface area contributed by atoms with Crippen molar-refractivity contribution in [3.8, 4) is 22.9 Å². The number of aryl methyl sites for hydroxylation is 2. The van der Waals surface area contributed by atoms with E-state index in [1.807, 2.05) is 13.0 Å². The van der Waals surface area contributed by atoms with Crippen molar-refractivity contribution in [2.75, 3.05) is 6.26 Å². The monoisotopic (exact) mass is 408 g/mol. The van der Waals surface area contributed by atoms with Gasteiger partial charge in [0.2, 0.25) is 0 Å². The minimum atomic E-state index is -3.51. The minimum Gasteiger partial charge on any atom is -0.489 e.